The van der Waals surface area contributed by atoms with Crippen molar-refractivity contribution in [1.82, 2.24) is 0 Å². The van der Waals surface area contributed by atoms with Crippen LogP contribution < -0.4 is 4.74 Å². The highest BCUT2D eigenvalue weighted by molar-refractivity contribution is 6.30. The number of ether oxygens (including phenoxy) is 4. The monoisotopic (exact) mass is 562 g/mol. The first-order chi connectivity index (χ1) is 18.9. The van der Waals surface area contributed by atoms with Gasteiger partial charge in [0.1, 0.15) is 54.2 Å². The van der Waals surface area contributed by atoms with Crippen LogP contribution in [0, 0.1) is 6.92 Å². The van der Waals surface area contributed by atoms with Gasteiger partial charge in [0.25, 0.3) is 0 Å². The Morgan fingerprint density at radius 2 is 1.38 bits per heavy atom. The lowest BCUT2D eigenvalue weighted by Crippen LogP contribution is -2.61. The van der Waals surface area contributed by atoms with Crippen molar-refractivity contribution in [3.8, 4) is 11.5 Å². The average Bonchev–Trinajstić information content (AvgIpc) is 2.93. The second kappa shape index (κ2) is 10.8. The van der Waals surface area contributed by atoms with E-state index >= 15 is 0 Å². The van der Waals surface area contributed by atoms with Crippen LogP contribution in [0.5, 0.6) is 11.5 Å². The second-order valence-electron chi connectivity index (χ2n) is 10.1. The highest BCUT2D eigenvalue weighted by Gasteiger charge is 2.48. The van der Waals surface area contributed by atoms with Crippen LogP contribution in [0.15, 0.2) is 30.3 Å². The Morgan fingerprint density at radius 3 is 2.10 bits per heavy atom. The molecule has 0 amide bonds. The second-order valence-corrected chi connectivity index (χ2v) is 10.1. The van der Waals surface area contributed by atoms with E-state index in [1.807, 2.05) is 0 Å². The van der Waals surface area contributed by atoms with Crippen LogP contribution in [0.25, 0.3) is 0 Å². The summed E-state index contributed by atoms with van der Waals surface area (Å²) >= 11 is 0. The Hall–Kier alpha value is -2.98. The molecule has 0 aromatic heterocycles. The fraction of sp³-hybridized carbons (Fsp3) is 0.481. The van der Waals surface area contributed by atoms with Crippen LogP contribution in [0.4, 0.5) is 0 Å². The average molecular weight is 563 g/mol. The normalized spacial score (nSPS) is 35.7. The Labute approximate surface area is 227 Å². The molecule has 0 bridgehead atoms. The van der Waals surface area contributed by atoms with Crippen molar-refractivity contribution in [3.05, 3.63) is 58.1 Å². The fourth-order valence-corrected chi connectivity index (χ4v) is 5.10. The standard InChI is InChI=1S/C27H30O13/c1-9-6-7-12-16(19(31)11-4-3-5-13(28)15(11)18(12)30)25(9)40-27-24(36)22(34)20(32)14(39-27)8-37-26-23(35)21(33)17(29)10(2)38-26/h3-7,10,14,17,20-24,26-29,32-36H,8H2,1-2H3/t10-,14+,17-,20+,21+,22-,23+,24+,26+,27-/m0/s1. The van der Waals surface area contributed by atoms with E-state index < -0.39 is 79.6 Å². The maximum absolute atomic E-state index is 13.4. The number of phenolic OH excluding ortho intramolecular Hbond substituents is 1. The van der Waals surface area contributed by atoms with Gasteiger partial charge in [-0.2, -0.15) is 0 Å². The summed E-state index contributed by atoms with van der Waals surface area (Å²) in [6.45, 7) is 2.55. The van der Waals surface area contributed by atoms with Crippen molar-refractivity contribution in [2.45, 2.75) is 75.3 Å². The van der Waals surface area contributed by atoms with Gasteiger partial charge in [0.05, 0.1) is 23.8 Å². The zero-order valence-corrected chi connectivity index (χ0v) is 21.4. The number of ketones is 2. The van der Waals surface area contributed by atoms with Crippen molar-refractivity contribution in [1.29, 1.82) is 0 Å². The molecule has 0 radical (unpaired) electrons. The van der Waals surface area contributed by atoms with Gasteiger partial charge in [0.2, 0.25) is 6.29 Å². The summed E-state index contributed by atoms with van der Waals surface area (Å²) in [5.74, 6) is -1.66. The van der Waals surface area contributed by atoms with Crippen LogP contribution in [0.2, 0.25) is 0 Å². The number of phenols is 1. The minimum absolute atomic E-state index is 0.0348. The predicted molar refractivity (Wildman–Crippen MR) is 132 cm³/mol. The van der Waals surface area contributed by atoms with Gasteiger partial charge in [-0.25, -0.2) is 0 Å². The smallest absolute Gasteiger partial charge is 0.229 e. The van der Waals surface area contributed by atoms with Crippen molar-refractivity contribution in [2.75, 3.05) is 6.61 Å². The third-order valence-electron chi connectivity index (χ3n) is 7.48. The summed E-state index contributed by atoms with van der Waals surface area (Å²) in [7, 11) is 0. The van der Waals surface area contributed by atoms with Crippen molar-refractivity contribution in [2.24, 2.45) is 0 Å². The Morgan fingerprint density at radius 1 is 0.750 bits per heavy atom. The highest BCUT2D eigenvalue weighted by atomic mass is 16.7. The number of carbonyl (C=O) groups is 2. The summed E-state index contributed by atoms with van der Waals surface area (Å²) in [5.41, 5.74) is 0.0650. The van der Waals surface area contributed by atoms with E-state index in [1.54, 1.807) is 6.92 Å². The first kappa shape index (κ1) is 28.5. The van der Waals surface area contributed by atoms with E-state index in [1.165, 1.54) is 37.3 Å². The Kier molecular flexibility index (Phi) is 7.69. The molecule has 0 saturated carbocycles. The summed E-state index contributed by atoms with van der Waals surface area (Å²) in [6.07, 6.45) is -15.1. The molecule has 40 heavy (non-hydrogen) atoms. The molecule has 2 aromatic rings. The van der Waals surface area contributed by atoms with Crippen molar-refractivity contribution < 1.29 is 64.3 Å². The molecule has 2 heterocycles. The van der Waals surface area contributed by atoms with E-state index in [4.69, 9.17) is 18.9 Å². The van der Waals surface area contributed by atoms with Crippen molar-refractivity contribution >= 4 is 11.6 Å². The van der Waals surface area contributed by atoms with Crippen LogP contribution in [0.3, 0.4) is 0 Å². The summed E-state index contributed by atoms with van der Waals surface area (Å²) in [6, 6.07) is 7.03. The lowest BCUT2D eigenvalue weighted by Gasteiger charge is -2.42. The molecular formula is C27H30O13. The minimum Gasteiger partial charge on any atom is -0.507 e. The lowest BCUT2D eigenvalue weighted by molar-refractivity contribution is -0.318. The first-order valence-corrected chi connectivity index (χ1v) is 12.6. The fourth-order valence-electron chi connectivity index (χ4n) is 5.10. The molecular weight excluding hydrogens is 532 g/mol. The number of aryl methyl sites for hydroxylation is 1. The molecule has 2 fully saturated rings. The van der Waals surface area contributed by atoms with Gasteiger partial charge in [-0.1, -0.05) is 18.2 Å². The van der Waals surface area contributed by atoms with Gasteiger partial charge in [-0.15, -0.1) is 0 Å². The van der Waals surface area contributed by atoms with E-state index in [-0.39, 0.29) is 33.8 Å². The first-order valence-electron chi connectivity index (χ1n) is 12.6. The number of rotatable bonds is 5. The predicted octanol–water partition coefficient (Wildman–Crippen LogP) is -1.49. The van der Waals surface area contributed by atoms with Gasteiger partial charge < -0.3 is 54.7 Å². The Bertz CT molecular complexity index is 1310. The third-order valence-corrected chi connectivity index (χ3v) is 7.48. The molecule has 7 N–H and O–H groups in total. The SMILES string of the molecule is Cc1ccc2c(c1O[C@@H]1O[C@H](CO[C@@H]3O[C@@H](C)[C@H](O)[C@@H](O)[C@H]3O)[C@@H](O)[C@H](O)[C@H]1O)C(=O)c1cccc(O)c1C2=O. The summed E-state index contributed by atoms with van der Waals surface area (Å²) < 4.78 is 22.4. The van der Waals surface area contributed by atoms with Gasteiger partial charge in [0.15, 0.2) is 17.9 Å². The largest absolute Gasteiger partial charge is 0.507 e. The molecule has 2 aliphatic heterocycles. The van der Waals surface area contributed by atoms with E-state index in [9.17, 15) is 45.3 Å². The van der Waals surface area contributed by atoms with Crippen LogP contribution in [0.1, 0.15) is 44.3 Å². The summed E-state index contributed by atoms with van der Waals surface area (Å²) in [4.78, 5) is 26.6. The number of aliphatic hydroxyl groups excluding tert-OH is 6. The van der Waals surface area contributed by atoms with Crippen LogP contribution in [-0.4, -0.2) is 115 Å². The van der Waals surface area contributed by atoms with Gasteiger partial charge in [-0.05, 0) is 31.5 Å². The molecule has 216 valence electrons. The highest BCUT2D eigenvalue weighted by Crippen LogP contribution is 2.39. The zero-order valence-electron chi connectivity index (χ0n) is 21.4. The summed E-state index contributed by atoms with van der Waals surface area (Å²) in [5, 5.41) is 71.9. The number of hydrogen-bond acceptors (Lipinski definition) is 13. The molecule has 2 aromatic carbocycles. The van der Waals surface area contributed by atoms with Gasteiger partial charge in [0, 0.05) is 11.1 Å². The Balaban J connectivity index is 1.39. The molecule has 13 heteroatoms. The third kappa shape index (κ3) is 4.68. The van der Waals surface area contributed by atoms with Crippen molar-refractivity contribution in [3.63, 3.8) is 0 Å². The molecule has 3 aliphatic rings. The molecule has 13 nitrogen and oxygen atoms in total. The molecule has 2 saturated heterocycles. The quantitative estimate of drug-likeness (QED) is 0.189. The van der Waals surface area contributed by atoms with Crippen LogP contribution in [-0.2, 0) is 14.2 Å². The molecule has 1 aliphatic carbocycles. The maximum atomic E-state index is 13.4. The topological polar surface area (TPSA) is 213 Å². The minimum atomic E-state index is -1.79. The van der Waals surface area contributed by atoms with E-state index in [2.05, 4.69) is 0 Å². The van der Waals surface area contributed by atoms with Gasteiger partial charge in [-0.3, -0.25) is 9.59 Å². The van der Waals surface area contributed by atoms with E-state index in [0.29, 0.717) is 5.56 Å². The van der Waals surface area contributed by atoms with E-state index in [0.717, 1.165) is 0 Å². The number of aliphatic hydroxyl groups is 6. The molecule has 5 rings (SSSR count). The maximum Gasteiger partial charge on any atom is 0.229 e. The number of hydrogen-bond donors (Lipinski definition) is 7. The molecule has 0 spiro atoms. The molecule has 0 unspecified atom stereocenters. The number of carbonyl (C=O) groups excluding carboxylic acids is 2. The zero-order chi connectivity index (χ0) is 29.0. The number of aromatic hydroxyl groups is 1. The molecule has 10 atom stereocenters. The lowest BCUT2D eigenvalue weighted by atomic mass is 9.82. The number of fused-ring (bicyclic) bond motifs is 2. The number of benzene rings is 2. The van der Waals surface area contributed by atoms with Crippen LogP contribution >= 0.6 is 0 Å². The van der Waals surface area contributed by atoms with Gasteiger partial charge >= 0.3 is 0 Å².